The molecule has 0 fully saturated rings. The number of benzene rings is 1. The van der Waals surface area contributed by atoms with E-state index in [1.54, 1.807) is 12.4 Å². The minimum absolute atomic E-state index is 0.718. The van der Waals surface area contributed by atoms with Crippen LogP contribution in [-0.2, 0) is 0 Å². The minimum Gasteiger partial charge on any atom is -0.455 e. The molecule has 0 unspecified atom stereocenters. The van der Waals surface area contributed by atoms with Crippen molar-refractivity contribution in [2.45, 2.75) is 6.92 Å². The molecule has 1 aromatic carbocycles. The topological polar surface area (TPSA) is 22.1 Å². The summed E-state index contributed by atoms with van der Waals surface area (Å²) in [6, 6.07) is 7.82. The predicted molar refractivity (Wildman–Crippen MR) is 70.9 cm³/mol. The molecule has 0 N–H and O–H groups in total. The van der Waals surface area contributed by atoms with E-state index in [0.717, 1.165) is 26.0 Å². The molecular weight excluding hydrogens is 334 g/mol. The molecule has 0 aliphatic rings. The molecule has 0 bridgehead atoms. The van der Waals surface area contributed by atoms with E-state index in [4.69, 9.17) is 4.74 Å². The number of ether oxygens (including phenoxy) is 1. The van der Waals surface area contributed by atoms with Crippen molar-refractivity contribution >= 4 is 31.9 Å². The van der Waals surface area contributed by atoms with Crippen LogP contribution in [0.25, 0.3) is 0 Å². The smallest absolute Gasteiger partial charge is 0.146 e. The highest BCUT2D eigenvalue weighted by Crippen LogP contribution is 2.28. The standard InChI is InChI=1S/C12H9Br2NO/c1-8-2-3-9(13)5-12(8)16-11-4-10(14)6-15-7-11/h2-7H,1H3. The molecule has 2 rings (SSSR count). The van der Waals surface area contributed by atoms with Gasteiger partial charge in [0.1, 0.15) is 11.5 Å². The van der Waals surface area contributed by atoms with Gasteiger partial charge in [0.2, 0.25) is 0 Å². The van der Waals surface area contributed by atoms with Crippen molar-refractivity contribution < 1.29 is 4.74 Å². The minimum atomic E-state index is 0.718. The van der Waals surface area contributed by atoms with Gasteiger partial charge in [0.25, 0.3) is 0 Å². The van der Waals surface area contributed by atoms with Crippen molar-refractivity contribution in [3.8, 4) is 11.5 Å². The SMILES string of the molecule is Cc1ccc(Br)cc1Oc1cncc(Br)c1. The maximum atomic E-state index is 5.75. The van der Waals surface area contributed by atoms with Crippen LogP contribution in [0.3, 0.4) is 0 Å². The summed E-state index contributed by atoms with van der Waals surface area (Å²) in [5, 5.41) is 0. The van der Waals surface area contributed by atoms with Crippen molar-refractivity contribution in [2.24, 2.45) is 0 Å². The number of pyridine rings is 1. The summed E-state index contributed by atoms with van der Waals surface area (Å²) < 4.78 is 7.65. The van der Waals surface area contributed by atoms with Gasteiger partial charge in [-0.25, -0.2) is 0 Å². The molecule has 82 valence electrons. The Morgan fingerprint density at radius 2 is 1.88 bits per heavy atom. The summed E-state index contributed by atoms with van der Waals surface area (Å²) >= 11 is 6.78. The third-order valence-electron chi connectivity index (χ3n) is 2.06. The lowest BCUT2D eigenvalue weighted by Gasteiger charge is -2.08. The second kappa shape index (κ2) is 4.97. The molecule has 0 amide bonds. The lowest BCUT2D eigenvalue weighted by atomic mass is 10.2. The maximum absolute atomic E-state index is 5.75. The largest absolute Gasteiger partial charge is 0.455 e. The number of aromatic nitrogens is 1. The highest BCUT2D eigenvalue weighted by Gasteiger charge is 2.03. The molecule has 0 radical (unpaired) electrons. The fourth-order valence-electron chi connectivity index (χ4n) is 1.26. The Morgan fingerprint density at radius 1 is 1.06 bits per heavy atom. The average Bonchev–Trinajstić information content (AvgIpc) is 2.24. The van der Waals surface area contributed by atoms with E-state index in [-0.39, 0.29) is 0 Å². The molecule has 16 heavy (non-hydrogen) atoms. The van der Waals surface area contributed by atoms with Crippen molar-refractivity contribution in [1.82, 2.24) is 4.98 Å². The third-order valence-corrected chi connectivity index (χ3v) is 2.98. The Kier molecular flexibility index (Phi) is 3.61. The Hall–Kier alpha value is -0.870. The maximum Gasteiger partial charge on any atom is 0.146 e. The lowest BCUT2D eigenvalue weighted by molar-refractivity contribution is 0.476. The molecule has 0 aliphatic heterocycles. The zero-order valence-corrected chi connectivity index (χ0v) is 11.7. The summed E-state index contributed by atoms with van der Waals surface area (Å²) in [5.41, 5.74) is 1.09. The van der Waals surface area contributed by atoms with Gasteiger partial charge in [0, 0.05) is 15.1 Å². The first-order valence-corrected chi connectivity index (χ1v) is 6.28. The molecule has 2 aromatic rings. The summed E-state index contributed by atoms with van der Waals surface area (Å²) in [4.78, 5) is 4.05. The van der Waals surface area contributed by atoms with Crippen LogP contribution in [0.4, 0.5) is 0 Å². The van der Waals surface area contributed by atoms with Gasteiger partial charge >= 0.3 is 0 Å². The summed E-state index contributed by atoms with van der Waals surface area (Å²) in [6.45, 7) is 2.01. The molecule has 1 aromatic heterocycles. The number of hydrogen-bond donors (Lipinski definition) is 0. The van der Waals surface area contributed by atoms with E-state index in [1.165, 1.54) is 0 Å². The molecule has 0 aliphatic carbocycles. The van der Waals surface area contributed by atoms with Crippen molar-refractivity contribution in [2.75, 3.05) is 0 Å². The van der Waals surface area contributed by atoms with Gasteiger partial charge in [-0.05, 0) is 46.6 Å². The molecular formula is C12H9Br2NO. The van der Waals surface area contributed by atoms with Gasteiger partial charge in [-0.3, -0.25) is 4.98 Å². The highest BCUT2D eigenvalue weighted by molar-refractivity contribution is 9.10. The molecule has 4 heteroatoms. The van der Waals surface area contributed by atoms with E-state index >= 15 is 0 Å². The van der Waals surface area contributed by atoms with Gasteiger partial charge in [-0.1, -0.05) is 22.0 Å². The van der Waals surface area contributed by atoms with Crippen LogP contribution in [0.15, 0.2) is 45.6 Å². The van der Waals surface area contributed by atoms with E-state index in [9.17, 15) is 0 Å². The monoisotopic (exact) mass is 341 g/mol. The zero-order valence-electron chi connectivity index (χ0n) is 8.58. The molecule has 0 spiro atoms. The Labute approximate surface area is 111 Å². The predicted octanol–water partition coefficient (Wildman–Crippen LogP) is 4.71. The van der Waals surface area contributed by atoms with Gasteiger partial charge < -0.3 is 4.74 Å². The summed E-state index contributed by atoms with van der Waals surface area (Å²) in [5.74, 6) is 1.55. The summed E-state index contributed by atoms with van der Waals surface area (Å²) in [7, 11) is 0. The quantitative estimate of drug-likeness (QED) is 0.788. The van der Waals surface area contributed by atoms with E-state index in [0.29, 0.717) is 0 Å². The molecule has 1 heterocycles. The first-order valence-electron chi connectivity index (χ1n) is 4.70. The van der Waals surface area contributed by atoms with Crippen LogP contribution in [0.2, 0.25) is 0 Å². The second-order valence-corrected chi connectivity index (χ2v) is 5.18. The number of hydrogen-bond acceptors (Lipinski definition) is 2. The Bertz CT molecular complexity index is 514. The number of rotatable bonds is 2. The fraction of sp³-hybridized carbons (Fsp3) is 0.0833. The Balaban J connectivity index is 2.30. The van der Waals surface area contributed by atoms with E-state index < -0.39 is 0 Å². The van der Waals surface area contributed by atoms with Crippen molar-refractivity contribution in [3.05, 3.63) is 51.2 Å². The van der Waals surface area contributed by atoms with Crippen molar-refractivity contribution in [3.63, 3.8) is 0 Å². The molecule has 0 saturated carbocycles. The normalized spacial score (nSPS) is 10.2. The number of aryl methyl sites for hydroxylation is 1. The van der Waals surface area contributed by atoms with Crippen LogP contribution >= 0.6 is 31.9 Å². The third kappa shape index (κ3) is 2.83. The van der Waals surface area contributed by atoms with Gasteiger partial charge in [-0.15, -0.1) is 0 Å². The lowest BCUT2D eigenvalue weighted by Crippen LogP contribution is -1.88. The molecule has 0 atom stereocenters. The fourth-order valence-corrected chi connectivity index (χ4v) is 1.94. The van der Waals surface area contributed by atoms with Crippen LogP contribution < -0.4 is 4.74 Å². The van der Waals surface area contributed by atoms with Gasteiger partial charge in [-0.2, -0.15) is 0 Å². The second-order valence-electron chi connectivity index (χ2n) is 3.35. The van der Waals surface area contributed by atoms with Crippen LogP contribution in [0.1, 0.15) is 5.56 Å². The highest BCUT2D eigenvalue weighted by atomic mass is 79.9. The average molecular weight is 343 g/mol. The van der Waals surface area contributed by atoms with Crippen LogP contribution in [0.5, 0.6) is 11.5 Å². The van der Waals surface area contributed by atoms with Crippen LogP contribution in [0, 0.1) is 6.92 Å². The number of nitrogens with zero attached hydrogens (tertiary/aromatic N) is 1. The van der Waals surface area contributed by atoms with Gasteiger partial charge in [0.05, 0.1) is 6.20 Å². The van der Waals surface area contributed by atoms with E-state index in [1.807, 2.05) is 31.2 Å². The first-order chi connectivity index (χ1) is 7.65. The number of halogens is 2. The molecule has 2 nitrogen and oxygen atoms in total. The molecule has 0 saturated heterocycles. The van der Waals surface area contributed by atoms with Crippen molar-refractivity contribution in [1.29, 1.82) is 0 Å². The van der Waals surface area contributed by atoms with Crippen LogP contribution in [-0.4, -0.2) is 4.98 Å². The van der Waals surface area contributed by atoms with E-state index in [2.05, 4.69) is 36.8 Å². The zero-order chi connectivity index (χ0) is 11.5. The van der Waals surface area contributed by atoms with Gasteiger partial charge in [0.15, 0.2) is 0 Å². The summed E-state index contributed by atoms with van der Waals surface area (Å²) in [6.07, 6.45) is 3.41. The first kappa shape index (κ1) is 11.6. The Morgan fingerprint density at radius 3 is 2.62 bits per heavy atom.